The van der Waals surface area contributed by atoms with Crippen molar-refractivity contribution in [3.8, 4) is 0 Å². The predicted octanol–water partition coefficient (Wildman–Crippen LogP) is 4.24. The summed E-state index contributed by atoms with van der Waals surface area (Å²) in [7, 11) is 0. The lowest BCUT2D eigenvalue weighted by Gasteiger charge is -2.40. The van der Waals surface area contributed by atoms with E-state index in [9.17, 15) is 18.0 Å². The van der Waals surface area contributed by atoms with E-state index >= 15 is 0 Å². The summed E-state index contributed by atoms with van der Waals surface area (Å²) in [6.07, 6.45) is -3.76. The van der Waals surface area contributed by atoms with Gasteiger partial charge in [0.2, 0.25) is 5.89 Å². The lowest BCUT2D eigenvalue weighted by Crippen LogP contribution is -2.52. The topological polar surface area (TPSA) is 71.7 Å². The Morgan fingerprint density at radius 2 is 1.72 bits per heavy atom. The van der Waals surface area contributed by atoms with Crippen LogP contribution in [0.4, 0.5) is 18.0 Å². The lowest BCUT2D eigenvalue weighted by molar-refractivity contribution is -0.137. The van der Waals surface area contributed by atoms with E-state index in [1.54, 1.807) is 9.80 Å². The summed E-state index contributed by atoms with van der Waals surface area (Å²) in [5.74, 6) is 0.837. The highest BCUT2D eigenvalue weighted by Gasteiger charge is 2.37. The van der Waals surface area contributed by atoms with Crippen LogP contribution in [-0.4, -0.2) is 65.4 Å². The molecule has 1 aromatic heterocycles. The Balaban J connectivity index is 1.59. The van der Waals surface area contributed by atoms with E-state index in [4.69, 9.17) is 9.26 Å². The summed E-state index contributed by atoms with van der Waals surface area (Å²) < 4.78 is 49.7. The van der Waals surface area contributed by atoms with Gasteiger partial charge in [0.25, 0.3) is 0 Å². The molecular weight excluding hydrogens is 425 g/mol. The first-order chi connectivity index (χ1) is 15.2. The van der Waals surface area contributed by atoms with E-state index in [1.807, 2.05) is 13.8 Å². The Bertz CT molecular complexity index is 923. The van der Waals surface area contributed by atoms with E-state index in [-0.39, 0.29) is 23.8 Å². The molecule has 0 saturated carbocycles. The number of hydrogen-bond donors (Lipinski definition) is 0. The van der Waals surface area contributed by atoms with E-state index in [1.165, 1.54) is 12.1 Å². The third-order valence-corrected chi connectivity index (χ3v) is 6.03. The third kappa shape index (κ3) is 4.90. The first-order valence-electron chi connectivity index (χ1n) is 10.8. The van der Waals surface area contributed by atoms with Crippen LogP contribution in [0.25, 0.3) is 0 Å². The molecule has 0 bridgehead atoms. The van der Waals surface area contributed by atoms with Crippen molar-refractivity contribution in [3.05, 3.63) is 47.1 Å². The second-order valence-electron chi connectivity index (χ2n) is 8.68. The Labute approximate surface area is 184 Å². The number of ether oxygens (including phenoxy) is 1. The number of benzene rings is 1. The van der Waals surface area contributed by atoms with Crippen molar-refractivity contribution < 1.29 is 27.2 Å². The molecule has 32 heavy (non-hydrogen) atoms. The van der Waals surface area contributed by atoms with Gasteiger partial charge in [-0.15, -0.1) is 0 Å². The maximum atomic E-state index is 13.2. The zero-order chi connectivity index (χ0) is 22.9. The lowest BCUT2D eigenvalue weighted by atomic mass is 9.84. The van der Waals surface area contributed by atoms with Gasteiger partial charge in [-0.25, -0.2) is 4.79 Å². The molecule has 2 fully saturated rings. The Hall–Kier alpha value is -2.62. The van der Waals surface area contributed by atoms with E-state index in [0.717, 1.165) is 17.7 Å². The van der Waals surface area contributed by atoms with Gasteiger partial charge in [-0.2, -0.15) is 18.2 Å². The van der Waals surface area contributed by atoms with Crippen LogP contribution in [0.15, 0.2) is 28.8 Å². The standard InChI is InChI=1S/C22H27F3N4O3/c1-14(2)20-26-19(27-32-20)17-11-16(15-3-5-18(6-4-15)22(23,24)25)12-29(13-17)21(30)28-7-9-31-10-8-28/h3-6,14,16-17H,7-13H2,1-2H3. The number of piperidine rings is 1. The molecule has 0 radical (unpaired) electrons. The first kappa shape index (κ1) is 22.6. The molecule has 0 aliphatic carbocycles. The van der Waals surface area contributed by atoms with Gasteiger partial charge in [0, 0.05) is 43.9 Å². The number of amides is 2. The van der Waals surface area contributed by atoms with Gasteiger partial charge < -0.3 is 19.1 Å². The van der Waals surface area contributed by atoms with Gasteiger partial charge in [0.05, 0.1) is 18.8 Å². The third-order valence-electron chi connectivity index (χ3n) is 6.03. The van der Waals surface area contributed by atoms with Crippen LogP contribution >= 0.6 is 0 Å². The molecule has 4 rings (SSSR count). The predicted molar refractivity (Wildman–Crippen MR) is 109 cm³/mol. The summed E-state index contributed by atoms with van der Waals surface area (Å²) in [5, 5.41) is 4.14. The second-order valence-corrected chi connectivity index (χ2v) is 8.68. The van der Waals surface area contributed by atoms with E-state index in [2.05, 4.69) is 10.1 Å². The summed E-state index contributed by atoms with van der Waals surface area (Å²) in [6, 6.07) is 5.10. The zero-order valence-electron chi connectivity index (χ0n) is 18.1. The number of hydrogen-bond acceptors (Lipinski definition) is 5. The van der Waals surface area contributed by atoms with Crippen LogP contribution in [0.1, 0.15) is 60.9 Å². The van der Waals surface area contributed by atoms with Gasteiger partial charge >= 0.3 is 12.2 Å². The molecule has 2 unspecified atom stereocenters. The van der Waals surface area contributed by atoms with Crippen molar-refractivity contribution >= 4 is 6.03 Å². The molecule has 2 aliphatic heterocycles. The van der Waals surface area contributed by atoms with Crippen LogP contribution in [0.2, 0.25) is 0 Å². The summed E-state index contributed by atoms with van der Waals surface area (Å²) in [4.78, 5) is 21.2. The fourth-order valence-corrected chi connectivity index (χ4v) is 4.23. The maximum Gasteiger partial charge on any atom is 0.416 e. The number of carbonyl (C=O) groups is 1. The van der Waals surface area contributed by atoms with Crippen LogP contribution in [0.3, 0.4) is 0 Å². The largest absolute Gasteiger partial charge is 0.416 e. The number of halogens is 3. The summed E-state index contributed by atoms with van der Waals surface area (Å²) in [5.41, 5.74) is 0.0738. The molecule has 7 nitrogen and oxygen atoms in total. The number of morpholine rings is 1. The monoisotopic (exact) mass is 452 g/mol. The molecule has 3 heterocycles. The molecule has 1 aromatic carbocycles. The van der Waals surface area contributed by atoms with Crippen LogP contribution in [0, 0.1) is 0 Å². The molecule has 0 N–H and O–H groups in total. The highest BCUT2D eigenvalue weighted by Crippen LogP contribution is 2.37. The fourth-order valence-electron chi connectivity index (χ4n) is 4.23. The minimum absolute atomic E-state index is 0.0802. The van der Waals surface area contributed by atoms with Gasteiger partial charge in [0.15, 0.2) is 5.82 Å². The number of aromatic nitrogens is 2. The number of rotatable bonds is 3. The molecule has 2 aliphatic rings. The van der Waals surface area contributed by atoms with Crippen molar-refractivity contribution in [2.24, 2.45) is 0 Å². The van der Waals surface area contributed by atoms with Gasteiger partial charge in [-0.05, 0) is 24.1 Å². The van der Waals surface area contributed by atoms with Crippen molar-refractivity contribution in [1.29, 1.82) is 0 Å². The SMILES string of the molecule is CC(C)c1nc(C2CC(c3ccc(C(F)(F)F)cc3)CN(C(=O)N3CCOCC3)C2)no1. The molecule has 2 amide bonds. The average molecular weight is 452 g/mol. The number of likely N-dealkylation sites (tertiary alicyclic amines) is 1. The smallest absolute Gasteiger partial charge is 0.378 e. The van der Waals surface area contributed by atoms with Crippen LogP contribution in [0.5, 0.6) is 0 Å². The van der Waals surface area contributed by atoms with Crippen molar-refractivity contribution in [2.45, 2.75) is 44.2 Å². The summed E-state index contributed by atoms with van der Waals surface area (Å²) in [6.45, 7) is 6.80. The zero-order valence-corrected chi connectivity index (χ0v) is 18.1. The minimum Gasteiger partial charge on any atom is -0.378 e. The minimum atomic E-state index is -4.39. The molecule has 10 heteroatoms. The normalized spacial score (nSPS) is 22.4. The second kappa shape index (κ2) is 9.09. The van der Waals surface area contributed by atoms with Crippen molar-refractivity contribution in [3.63, 3.8) is 0 Å². The van der Waals surface area contributed by atoms with Crippen LogP contribution < -0.4 is 0 Å². The maximum absolute atomic E-state index is 13.2. The molecule has 2 saturated heterocycles. The Kier molecular flexibility index (Phi) is 6.41. The number of alkyl halides is 3. The van der Waals surface area contributed by atoms with E-state index < -0.39 is 11.7 Å². The van der Waals surface area contributed by atoms with Gasteiger partial charge in [-0.1, -0.05) is 31.1 Å². The first-order valence-corrected chi connectivity index (χ1v) is 10.8. The highest BCUT2D eigenvalue weighted by molar-refractivity contribution is 5.75. The fraction of sp³-hybridized carbons (Fsp3) is 0.591. The molecule has 2 atom stereocenters. The average Bonchev–Trinajstić information content (AvgIpc) is 3.29. The number of nitrogens with zero attached hydrogens (tertiary/aromatic N) is 4. The van der Waals surface area contributed by atoms with Crippen molar-refractivity contribution in [2.75, 3.05) is 39.4 Å². The van der Waals surface area contributed by atoms with Crippen molar-refractivity contribution in [1.82, 2.24) is 19.9 Å². The quantitative estimate of drug-likeness (QED) is 0.697. The molecule has 174 valence electrons. The van der Waals surface area contributed by atoms with Crippen LogP contribution in [-0.2, 0) is 10.9 Å². The molecular formula is C22H27F3N4O3. The van der Waals surface area contributed by atoms with Gasteiger partial charge in [-0.3, -0.25) is 0 Å². The molecule has 0 spiro atoms. The summed E-state index contributed by atoms with van der Waals surface area (Å²) >= 11 is 0. The highest BCUT2D eigenvalue weighted by atomic mass is 19.4. The Morgan fingerprint density at radius 1 is 1.06 bits per heavy atom. The Morgan fingerprint density at radius 3 is 2.31 bits per heavy atom. The number of carbonyl (C=O) groups excluding carboxylic acids is 1. The van der Waals surface area contributed by atoms with Gasteiger partial charge in [0.1, 0.15) is 0 Å². The number of urea groups is 1. The van der Waals surface area contributed by atoms with E-state index in [0.29, 0.717) is 57.5 Å². The molecule has 2 aromatic rings.